The maximum atomic E-state index is 12.2. The highest BCUT2D eigenvalue weighted by atomic mass is 19.4. The molecule has 1 aromatic carbocycles. The maximum Gasteiger partial charge on any atom is 0.422 e. The standard InChI is InChI=1S/C16H14F3N3O3/c17-16(18,19)9-25-12-7-6-11(8-21-12)15(24)22-13(14(20)23)10-4-2-1-3-5-10/h1-8,13H,9H2,(H2,20,23)(H,22,24). The highest BCUT2D eigenvalue weighted by Gasteiger charge is 2.28. The minimum Gasteiger partial charge on any atom is -0.468 e. The molecule has 0 aliphatic carbocycles. The fraction of sp³-hybridized carbons (Fsp3) is 0.188. The third-order valence-corrected chi connectivity index (χ3v) is 3.08. The van der Waals surface area contributed by atoms with Crippen LogP contribution in [-0.4, -0.2) is 29.6 Å². The average Bonchev–Trinajstić information content (AvgIpc) is 2.58. The highest BCUT2D eigenvalue weighted by Crippen LogP contribution is 2.17. The summed E-state index contributed by atoms with van der Waals surface area (Å²) in [6, 6.07) is 9.68. The summed E-state index contributed by atoms with van der Waals surface area (Å²) in [4.78, 5) is 27.4. The number of hydrogen-bond acceptors (Lipinski definition) is 4. The molecule has 2 amide bonds. The molecule has 3 N–H and O–H groups in total. The van der Waals surface area contributed by atoms with Gasteiger partial charge in [-0.3, -0.25) is 9.59 Å². The minimum atomic E-state index is -4.48. The van der Waals surface area contributed by atoms with Gasteiger partial charge in [0.05, 0.1) is 5.56 Å². The summed E-state index contributed by atoms with van der Waals surface area (Å²) in [5.74, 6) is -1.68. The molecule has 0 aliphatic rings. The first-order valence-electron chi connectivity index (χ1n) is 7.07. The number of carbonyl (C=O) groups is 2. The summed E-state index contributed by atoms with van der Waals surface area (Å²) in [6.07, 6.45) is -3.44. The topological polar surface area (TPSA) is 94.3 Å². The monoisotopic (exact) mass is 353 g/mol. The molecule has 1 aromatic heterocycles. The van der Waals surface area contributed by atoms with Crippen LogP contribution in [0.5, 0.6) is 5.88 Å². The first-order chi connectivity index (χ1) is 11.8. The van der Waals surface area contributed by atoms with E-state index >= 15 is 0 Å². The Kier molecular flexibility index (Phi) is 5.58. The maximum absolute atomic E-state index is 12.2. The number of rotatable bonds is 6. The molecule has 1 atom stereocenters. The summed E-state index contributed by atoms with van der Waals surface area (Å²) in [7, 11) is 0. The number of ether oxygens (including phenoxy) is 1. The number of benzene rings is 1. The third kappa shape index (κ3) is 5.48. The first kappa shape index (κ1) is 18.2. The van der Waals surface area contributed by atoms with Crippen LogP contribution in [0.15, 0.2) is 48.7 Å². The van der Waals surface area contributed by atoms with Crippen LogP contribution >= 0.6 is 0 Å². The van der Waals surface area contributed by atoms with E-state index in [0.29, 0.717) is 5.56 Å². The van der Waals surface area contributed by atoms with Crippen LogP contribution in [0.2, 0.25) is 0 Å². The van der Waals surface area contributed by atoms with Gasteiger partial charge in [0.1, 0.15) is 6.04 Å². The number of pyridine rings is 1. The molecule has 0 fully saturated rings. The van der Waals surface area contributed by atoms with Crippen molar-refractivity contribution in [3.05, 3.63) is 59.8 Å². The molecule has 2 aromatic rings. The van der Waals surface area contributed by atoms with Crippen LogP contribution in [0.4, 0.5) is 13.2 Å². The Morgan fingerprint density at radius 1 is 1.16 bits per heavy atom. The van der Waals surface area contributed by atoms with E-state index in [9.17, 15) is 22.8 Å². The zero-order chi connectivity index (χ0) is 18.4. The van der Waals surface area contributed by atoms with Gasteiger partial charge in [0.15, 0.2) is 6.61 Å². The number of aromatic nitrogens is 1. The molecule has 0 saturated carbocycles. The number of hydrogen-bond donors (Lipinski definition) is 2. The predicted octanol–water partition coefficient (Wildman–Crippen LogP) is 1.98. The molecule has 0 bridgehead atoms. The largest absolute Gasteiger partial charge is 0.468 e. The lowest BCUT2D eigenvalue weighted by molar-refractivity contribution is -0.154. The molecular formula is C16H14F3N3O3. The normalized spacial score (nSPS) is 12.3. The molecule has 0 saturated heterocycles. The molecule has 132 valence electrons. The van der Waals surface area contributed by atoms with Gasteiger partial charge in [0.25, 0.3) is 5.91 Å². The van der Waals surface area contributed by atoms with Crippen molar-refractivity contribution in [1.82, 2.24) is 10.3 Å². The molecule has 25 heavy (non-hydrogen) atoms. The van der Waals surface area contributed by atoms with E-state index in [2.05, 4.69) is 15.0 Å². The van der Waals surface area contributed by atoms with Crippen LogP contribution < -0.4 is 15.8 Å². The van der Waals surface area contributed by atoms with E-state index < -0.39 is 30.6 Å². The first-order valence-corrected chi connectivity index (χ1v) is 7.07. The Balaban J connectivity index is 2.05. The summed E-state index contributed by atoms with van der Waals surface area (Å²) in [5, 5.41) is 2.45. The average molecular weight is 353 g/mol. The smallest absolute Gasteiger partial charge is 0.422 e. The molecule has 9 heteroatoms. The van der Waals surface area contributed by atoms with Crippen molar-refractivity contribution in [1.29, 1.82) is 0 Å². The van der Waals surface area contributed by atoms with E-state index in [4.69, 9.17) is 5.73 Å². The number of halogens is 3. The van der Waals surface area contributed by atoms with Crippen LogP contribution in [0.3, 0.4) is 0 Å². The van der Waals surface area contributed by atoms with E-state index in [1.165, 1.54) is 6.07 Å². The Bertz CT molecular complexity index is 734. The number of nitrogens with one attached hydrogen (secondary N) is 1. The number of alkyl halides is 3. The van der Waals surface area contributed by atoms with Crippen molar-refractivity contribution in [2.75, 3.05) is 6.61 Å². The number of amides is 2. The van der Waals surface area contributed by atoms with Gasteiger partial charge < -0.3 is 15.8 Å². The van der Waals surface area contributed by atoms with Gasteiger partial charge in [-0.15, -0.1) is 0 Å². The lowest BCUT2D eigenvalue weighted by Gasteiger charge is -2.16. The van der Waals surface area contributed by atoms with E-state index in [1.807, 2.05) is 0 Å². The predicted molar refractivity (Wildman–Crippen MR) is 81.6 cm³/mol. The second-order valence-corrected chi connectivity index (χ2v) is 5.01. The number of nitrogens with zero attached hydrogens (tertiary/aromatic N) is 1. The zero-order valence-corrected chi connectivity index (χ0v) is 12.8. The molecule has 1 heterocycles. The SMILES string of the molecule is NC(=O)C(NC(=O)c1ccc(OCC(F)(F)F)nc1)c1ccccc1. The summed E-state index contributed by atoms with van der Waals surface area (Å²) in [5.41, 5.74) is 5.85. The lowest BCUT2D eigenvalue weighted by Crippen LogP contribution is -2.37. The van der Waals surface area contributed by atoms with E-state index in [-0.39, 0.29) is 11.4 Å². The molecule has 2 rings (SSSR count). The summed E-state index contributed by atoms with van der Waals surface area (Å²) >= 11 is 0. The van der Waals surface area contributed by atoms with Crippen LogP contribution in [-0.2, 0) is 4.79 Å². The van der Waals surface area contributed by atoms with Gasteiger partial charge in [-0.25, -0.2) is 4.98 Å². The quantitative estimate of drug-likeness (QED) is 0.830. The van der Waals surface area contributed by atoms with Crippen LogP contribution in [0, 0.1) is 0 Å². The Morgan fingerprint density at radius 2 is 1.84 bits per heavy atom. The van der Waals surface area contributed by atoms with Crippen LogP contribution in [0.25, 0.3) is 0 Å². The van der Waals surface area contributed by atoms with Crippen molar-refractivity contribution < 1.29 is 27.5 Å². The second kappa shape index (κ2) is 7.65. The Hall–Kier alpha value is -3.10. The lowest BCUT2D eigenvalue weighted by atomic mass is 10.1. The van der Waals surface area contributed by atoms with Crippen molar-refractivity contribution in [2.45, 2.75) is 12.2 Å². The van der Waals surface area contributed by atoms with Gasteiger partial charge in [0.2, 0.25) is 11.8 Å². The van der Waals surface area contributed by atoms with Gasteiger partial charge in [-0.2, -0.15) is 13.2 Å². The third-order valence-electron chi connectivity index (χ3n) is 3.08. The molecule has 0 aliphatic heterocycles. The van der Waals surface area contributed by atoms with Crippen molar-refractivity contribution >= 4 is 11.8 Å². The number of nitrogens with two attached hydrogens (primary N) is 1. The van der Waals surface area contributed by atoms with Crippen LogP contribution in [0.1, 0.15) is 22.0 Å². The molecular weight excluding hydrogens is 339 g/mol. The molecule has 0 spiro atoms. The second-order valence-electron chi connectivity index (χ2n) is 5.01. The Labute approximate surface area is 140 Å². The number of primary amides is 1. The zero-order valence-electron chi connectivity index (χ0n) is 12.8. The van der Waals surface area contributed by atoms with Gasteiger partial charge in [0, 0.05) is 12.3 Å². The van der Waals surface area contributed by atoms with Gasteiger partial charge >= 0.3 is 6.18 Å². The molecule has 1 unspecified atom stereocenters. The summed E-state index contributed by atoms with van der Waals surface area (Å²) in [6.45, 7) is -1.48. The van der Waals surface area contributed by atoms with Gasteiger partial charge in [-0.05, 0) is 11.6 Å². The fourth-order valence-corrected chi connectivity index (χ4v) is 1.93. The minimum absolute atomic E-state index is 0.0431. The van der Waals surface area contributed by atoms with Crippen molar-refractivity contribution in [3.8, 4) is 5.88 Å². The van der Waals surface area contributed by atoms with E-state index in [1.54, 1.807) is 30.3 Å². The van der Waals surface area contributed by atoms with Crippen molar-refractivity contribution in [2.24, 2.45) is 5.73 Å². The summed E-state index contributed by atoms with van der Waals surface area (Å²) < 4.78 is 40.7. The van der Waals surface area contributed by atoms with E-state index in [0.717, 1.165) is 12.3 Å². The molecule has 0 radical (unpaired) electrons. The van der Waals surface area contributed by atoms with Crippen molar-refractivity contribution in [3.63, 3.8) is 0 Å². The number of carbonyl (C=O) groups excluding carboxylic acids is 2. The highest BCUT2D eigenvalue weighted by molar-refractivity contribution is 5.97. The molecule has 6 nitrogen and oxygen atoms in total. The van der Waals surface area contributed by atoms with Gasteiger partial charge in [-0.1, -0.05) is 30.3 Å². The Morgan fingerprint density at radius 3 is 2.36 bits per heavy atom. The fourth-order valence-electron chi connectivity index (χ4n) is 1.93.